The Labute approximate surface area is 198 Å². The van der Waals surface area contributed by atoms with Crippen LogP contribution in [0.3, 0.4) is 0 Å². The quantitative estimate of drug-likeness (QED) is 0.277. The number of aryl methyl sites for hydroxylation is 1. The number of amides is 1. The Morgan fingerprint density at radius 2 is 2.06 bits per heavy atom. The number of nitrogens with zero attached hydrogens (tertiary/aromatic N) is 2. The van der Waals surface area contributed by atoms with Crippen LogP contribution in [-0.4, -0.2) is 28.3 Å². The summed E-state index contributed by atoms with van der Waals surface area (Å²) in [7, 11) is 1.58. The summed E-state index contributed by atoms with van der Waals surface area (Å²) >= 11 is 1.29. The van der Waals surface area contributed by atoms with Gasteiger partial charge in [0, 0.05) is 6.54 Å². The molecule has 2 aromatic carbocycles. The van der Waals surface area contributed by atoms with Crippen LogP contribution >= 0.6 is 11.8 Å². The first-order valence-electron chi connectivity index (χ1n) is 11.3. The number of anilines is 1. The van der Waals surface area contributed by atoms with Crippen molar-refractivity contribution < 1.29 is 9.53 Å². The molecule has 1 aromatic heterocycles. The highest BCUT2D eigenvalue weighted by atomic mass is 32.2. The fourth-order valence-electron chi connectivity index (χ4n) is 4.08. The zero-order chi connectivity index (χ0) is 23.2. The molecule has 0 spiro atoms. The third-order valence-corrected chi connectivity index (χ3v) is 6.81. The van der Waals surface area contributed by atoms with Crippen LogP contribution in [0, 0.1) is 6.92 Å². The molecular weight excluding hydrogens is 434 g/mol. The van der Waals surface area contributed by atoms with Gasteiger partial charge >= 0.3 is 0 Å². The highest BCUT2D eigenvalue weighted by molar-refractivity contribution is 7.99. The number of fused-ring (bicyclic) bond motifs is 1. The summed E-state index contributed by atoms with van der Waals surface area (Å²) in [4.78, 5) is 30.7. The second kappa shape index (κ2) is 10.7. The van der Waals surface area contributed by atoms with Gasteiger partial charge in [0.05, 0.1) is 29.5 Å². The molecule has 33 heavy (non-hydrogen) atoms. The van der Waals surface area contributed by atoms with Gasteiger partial charge in [0.2, 0.25) is 5.91 Å². The molecule has 7 heteroatoms. The number of aromatic nitrogens is 2. The van der Waals surface area contributed by atoms with E-state index in [-0.39, 0.29) is 17.2 Å². The van der Waals surface area contributed by atoms with Crippen LogP contribution in [-0.2, 0) is 11.3 Å². The third kappa shape index (κ3) is 5.66. The Morgan fingerprint density at radius 3 is 2.85 bits per heavy atom. The molecule has 0 unspecified atom stereocenters. The van der Waals surface area contributed by atoms with E-state index in [1.165, 1.54) is 30.2 Å². The maximum absolute atomic E-state index is 13.3. The van der Waals surface area contributed by atoms with Gasteiger partial charge in [-0.05, 0) is 68.9 Å². The van der Waals surface area contributed by atoms with Crippen molar-refractivity contribution in [1.82, 2.24) is 9.55 Å². The predicted octanol–water partition coefficient (Wildman–Crippen LogP) is 5.33. The van der Waals surface area contributed by atoms with E-state index in [2.05, 4.69) is 11.4 Å². The van der Waals surface area contributed by atoms with E-state index >= 15 is 0 Å². The fourth-order valence-corrected chi connectivity index (χ4v) is 4.90. The van der Waals surface area contributed by atoms with Crippen LogP contribution in [0.4, 0.5) is 5.69 Å². The van der Waals surface area contributed by atoms with E-state index < -0.39 is 0 Å². The monoisotopic (exact) mass is 463 g/mol. The lowest BCUT2D eigenvalue weighted by Crippen LogP contribution is -2.24. The largest absolute Gasteiger partial charge is 0.495 e. The number of methoxy groups -OCH3 is 1. The molecule has 0 aliphatic heterocycles. The lowest BCUT2D eigenvalue weighted by Gasteiger charge is -2.16. The van der Waals surface area contributed by atoms with Crippen molar-refractivity contribution in [1.29, 1.82) is 0 Å². The molecule has 0 atom stereocenters. The molecule has 6 nitrogen and oxygen atoms in total. The van der Waals surface area contributed by atoms with Gasteiger partial charge in [0.1, 0.15) is 5.75 Å². The van der Waals surface area contributed by atoms with Crippen molar-refractivity contribution in [2.75, 3.05) is 18.2 Å². The number of benzene rings is 2. The number of rotatable bonds is 8. The average molecular weight is 464 g/mol. The Morgan fingerprint density at radius 1 is 1.21 bits per heavy atom. The minimum atomic E-state index is -0.173. The number of allylic oxidation sites excluding steroid dienone is 2. The van der Waals surface area contributed by atoms with Crippen molar-refractivity contribution in [3.63, 3.8) is 0 Å². The zero-order valence-electron chi connectivity index (χ0n) is 19.1. The number of para-hydroxylation sites is 1. The van der Waals surface area contributed by atoms with Gasteiger partial charge < -0.3 is 10.1 Å². The first-order chi connectivity index (χ1) is 16.0. The molecule has 0 radical (unpaired) electrons. The number of ether oxygens (including phenoxy) is 1. The Kier molecular flexibility index (Phi) is 7.50. The lowest BCUT2D eigenvalue weighted by molar-refractivity contribution is -0.113. The maximum Gasteiger partial charge on any atom is 0.262 e. The van der Waals surface area contributed by atoms with Gasteiger partial charge in [-0.2, -0.15) is 0 Å². The average Bonchev–Trinajstić information content (AvgIpc) is 2.83. The first kappa shape index (κ1) is 23.1. The topological polar surface area (TPSA) is 73.2 Å². The Bertz CT molecular complexity index is 1250. The van der Waals surface area contributed by atoms with Crippen LogP contribution in [0.2, 0.25) is 0 Å². The second-order valence-corrected chi connectivity index (χ2v) is 9.21. The molecule has 1 amide bonds. The van der Waals surface area contributed by atoms with Gasteiger partial charge in [0.25, 0.3) is 5.56 Å². The summed E-state index contributed by atoms with van der Waals surface area (Å²) in [6, 6.07) is 13.0. The van der Waals surface area contributed by atoms with E-state index in [4.69, 9.17) is 9.72 Å². The predicted molar refractivity (Wildman–Crippen MR) is 134 cm³/mol. The van der Waals surface area contributed by atoms with Crippen LogP contribution in [0.5, 0.6) is 5.75 Å². The summed E-state index contributed by atoms with van der Waals surface area (Å²) in [5.74, 6) is 0.582. The molecular formula is C26H29N3O3S. The van der Waals surface area contributed by atoms with Crippen molar-refractivity contribution >= 4 is 34.3 Å². The zero-order valence-corrected chi connectivity index (χ0v) is 19.9. The summed E-state index contributed by atoms with van der Waals surface area (Å²) in [6.45, 7) is 2.53. The minimum absolute atomic E-state index is 0.0553. The molecule has 0 saturated carbocycles. The van der Waals surface area contributed by atoms with E-state index in [0.29, 0.717) is 34.0 Å². The molecule has 1 N–H and O–H groups in total. The van der Waals surface area contributed by atoms with E-state index in [0.717, 1.165) is 24.8 Å². The summed E-state index contributed by atoms with van der Waals surface area (Å²) in [5.41, 5.74) is 3.66. The molecule has 1 aliphatic rings. The maximum atomic E-state index is 13.3. The normalized spacial score (nSPS) is 13.6. The van der Waals surface area contributed by atoms with Gasteiger partial charge in [-0.15, -0.1) is 0 Å². The first-order valence-corrected chi connectivity index (χ1v) is 12.3. The molecule has 0 saturated heterocycles. The summed E-state index contributed by atoms with van der Waals surface area (Å²) in [6.07, 6.45) is 7.80. The van der Waals surface area contributed by atoms with Crippen molar-refractivity contribution in [3.8, 4) is 5.75 Å². The summed E-state index contributed by atoms with van der Waals surface area (Å²) in [5, 5.41) is 4.09. The Balaban J connectivity index is 1.54. The summed E-state index contributed by atoms with van der Waals surface area (Å²) < 4.78 is 7.08. The third-order valence-electron chi connectivity index (χ3n) is 5.83. The number of carbonyl (C=O) groups is 1. The van der Waals surface area contributed by atoms with Gasteiger partial charge in [-0.25, -0.2) is 4.98 Å². The van der Waals surface area contributed by atoms with Crippen molar-refractivity contribution in [2.45, 2.75) is 50.7 Å². The van der Waals surface area contributed by atoms with Crippen LogP contribution in [0.15, 0.2) is 64.1 Å². The number of thioether (sulfide) groups is 1. The molecule has 3 aromatic rings. The second-order valence-electron chi connectivity index (χ2n) is 8.27. The fraction of sp³-hybridized carbons (Fsp3) is 0.346. The lowest BCUT2D eigenvalue weighted by atomic mass is 9.97. The van der Waals surface area contributed by atoms with Crippen LogP contribution in [0.1, 0.15) is 37.7 Å². The number of carbonyl (C=O) groups excluding carboxylic acids is 1. The van der Waals surface area contributed by atoms with E-state index in [9.17, 15) is 9.59 Å². The number of hydrogen-bond acceptors (Lipinski definition) is 5. The van der Waals surface area contributed by atoms with E-state index in [1.54, 1.807) is 11.7 Å². The molecule has 1 aliphatic carbocycles. The molecule has 0 bridgehead atoms. The minimum Gasteiger partial charge on any atom is -0.495 e. The molecule has 1 heterocycles. The van der Waals surface area contributed by atoms with Gasteiger partial charge in [0.15, 0.2) is 5.16 Å². The van der Waals surface area contributed by atoms with Gasteiger partial charge in [-0.1, -0.05) is 41.6 Å². The Hall–Kier alpha value is -3.06. The standard InChI is InChI=1S/C26H29N3O3S/c1-18-12-13-23(32-2)22(16-18)27-24(30)17-33-26-28-21-11-7-6-10-20(21)25(31)29(26)15-14-19-8-4-3-5-9-19/h6-8,10-13,16H,3-5,9,14-15,17H2,1-2H3,(H,27,30). The van der Waals surface area contributed by atoms with Crippen LogP contribution in [0.25, 0.3) is 10.9 Å². The van der Waals surface area contributed by atoms with Crippen molar-refractivity contribution in [2.24, 2.45) is 0 Å². The SMILES string of the molecule is COc1ccc(C)cc1NC(=O)CSc1nc2ccccc2c(=O)n1CCC1=CCCCC1. The number of nitrogens with one attached hydrogen (secondary N) is 1. The highest BCUT2D eigenvalue weighted by Gasteiger charge is 2.15. The van der Waals surface area contributed by atoms with Gasteiger partial charge in [-0.3, -0.25) is 14.2 Å². The molecule has 4 rings (SSSR count). The van der Waals surface area contributed by atoms with Crippen LogP contribution < -0.4 is 15.6 Å². The number of hydrogen-bond donors (Lipinski definition) is 1. The van der Waals surface area contributed by atoms with E-state index in [1.807, 2.05) is 49.4 Å². The molecule has 0 fully saturated rings. The molecule has 172 valence electrons. The van der Waals surface area contributed by atoms with Crippen molar-refractivity contribution in [3.05, 3.63) is 70.0 Å². The smallest absolute Gasteiger partial charge is 0.262 e. The highest BCUT2D eigenvalue weighted by Crippen LogP contribution is 2.26.